The van der Waals surface area contributed by atoms with Gasteiger partial charge in [0.25, 0.3) is 0 Å². The summed E-state index contributed by atoms with van der Waals surface area (Å²) in [5.74, 6) is 0. The summed E-state index contributed by atoms with van der Waals surface area (Å²) in [6.45, 7) is 7.70. The van der Waals surface area contributed by atoms with Gasteiger partial charge in [-0.25, -0.2) is 0 Å². The average molecular weight is 185 g/mol. The van der Waals surface area contributed by atoms with E-state index >= 15 is 0 Å². The summed E-state index contributed by atoms with van der Waals surface area (Å²) in [4.78, 5) is 2.46. The van der Waals surface area contributed by atoms with E-state index in [-0.39, 0.29) is 0 Å². The van der Waals surface area contributed by atoms with E-state index in [1.54, 1.807) is 0 Å². The molecule has 0 radical (unpaired) electrons. The zero-order chi connectivity index (χ0) is 9.52. The second-order valence-electron chi connectivity index (χ2n) is 3.86. The fraction of sp³-hybridized carbons (Fsp3) is 1.00. The Hall–Kier alpha value is -0.120. The molecule has 1 saturated heterocycles. The summed E-state index contributed by atoms with van der Waals surface area (Å²) in [6.07, 6.45) is 3.82. The van der Waals surface area contributed by atoms with Crippen LogP contribution in [0.15, 0.2) is 0 Å². The molecule has 0 spiro atoms. The van der Waals surface area contributed by atoms with Crippen LogP contribution >= 0.6 is 0 Å². The highest BCUT2D eigenvalue weighted by molar-refractivity contribution is 4.76. The summed E-state index contributed by atoms with van der Waals surface area (Å²) in [7, 11) is 0. The van der Waals surface area contributed by atoms with Crippen molar-refractivity contribution in [3.63, 3.8) is 0 Å². The van der Waals surface area contributed by atoms with Crippen LogP contribution in [-0.4, -0.2) is 43.7 Å². The van der Waals surface area contributed by atoms with Gasteiger partial charge in [-0.1, -0.05) is 6.92 Å². The van der Waals surface area contributed by atoms with Crippen LogP contribution in [0.3, 0.4) is 0 Å². The van der Waals surface area contributed by atoms with Crippen molar-refractivity contribution in [3.05, 3.63) is 0 Å². The molecule has 0 aromatic rings. The maximum atomic E-state index is 5.52. The third-order valence-corrected chi connectivity index (χ3v) is 2.72. The molecule has 3 nitrogen and oxygen atoms in total. The van der Waals surface area contributed by atoms with Crippen molar-refractivity contribution in [1.29, 1.82) is 0 Å². The highest BCUT2D eigenvalue weighted by Crippen LogP contribution is 2.09. The lowest BCUT2D eigenvalue weighted by molar-refractivity contribution is 0.203. The number of nitrogens with one attached hydrogen (secondary N) is 1. The van der Waals surface area contributed by atoms with Gasteiger partial charge in [0.15, 0.2) is 0 Å². The summed E-state index contributed by atoms with van der Waals surface area (Å²) in [6, 6.07) is 0.758. The lowest BCUT2D eigenvalue weighted by Gasteiger charge is -2.32. The molecule has 0 unspecified atom stereocenters. The number of piperidine rings is 1. The van der Waals surface area contributed by atoms with Crippen LogP contribution in [0.4, 0.5) is 0 Å². The standard InChI is InChI=1S/C10H23N3/c1-2-6-12-10-3-7-13(8-4-10)9-5-11/h10,12H,2-9,11H2,1H3. The van der Waals surface area contributed by atoms with Crippen molar-refractivity contribution in [2.75, 3.05) is 32.7 Å². The topological polar surface area (TPSA) is 41.3 Å². The predicted octanol–water partition coefficient (Wildman–Crippen LogP) is 0.409. The second kappa shape index (κ2) is 6.35. The van der Waals surface area contributed by atoms with Crippen molar-refractivity contribution in [2.45, 2.75) is 32.2 Å². The number of hydrogen-bond donors (Lipinski definition) is 2. The molecule has 1 heterocycles. The molecule has 78 valence electrons. The van der Waals surface area contributed by atoms with E-state index in [0.29, 0.717) is 0 Å². The van der Waals surface area contributed by atoms with E-state index in [0.717, 1.165) is 19.1 Å². The Bertz CT molecular complexity index is 119. The monoisotopic (exact) mass is 185 g/mol. The van der Waals surface area contributed by atoms with E-state index in [9.17, 15) is 0 Å². The van der Waals surface area contributed by atoms with E-state index in [2.05, 4.69) is 17.1 Å². The predicted molar refractivity (Wildman–Crippen MR) is 56.8 cm³/mol. The Kier molecular flexibility index (Phi) is 5.35. The zero-order valence-electron chi connectivity index (χ0n) is 8.76. The molecule has 0 aromatic carbocycles. The highest BCUT2D eigenvalue weighted by Gasteiger charge is 2.17. The smallest absolute Gasteiger partial charge is 0.0105 e. The molecule has 0 aromatic heterocycles. The summed E-state index contributed by atoms with van der Waals surface area (Å²) < 4.78 is 0. The van der Waals surface area contributed by atoms with Gasteiger partial charge in [0.05, 0.1) is 0 Å². The summed E-state index contributed by atoms with van der Waals surface area (Å²) in [5.41, 5.74) is 5.52. The second-order valence-corrected chi connectivity index (χ2v) is 3.86. The van der Waals surface area contributed by atoms with Crippen molar-refractivity contribution in [3.8, 4) is 0 Å². The Labute approximate surface area is 81.7 Å². The lowest BCUT2D eigenvalue weighted by Crippen LogP contribution is -2.44. The molecule has 0 aliphatic carbocycles. The van der Waals surface area contributed by atoms with Gasteiger partial charge in [-0.15, -0.1) is 0 Å². The van der Waals surface area contributed by atoms with Crippen LogP contribution in [0.1, 0.15) is 26.2 Å². The fourth-order valence-corrected chi connectivity index (χ4v) is 1.89. The largest absolute Gasteiger partial charge is 0.329 e. The van der Waals surface area contributed by atoms with Crippen molar-refractivity contribution in [1.82, 2.24) is 10.2 Å². The van der Waals surface area contributed by atoms with Crippen LogP contribution in [0, 0.1) is 0 Å². The molecule has 0 amide bonds. The van der Waals surface area contributed by atoms with Gasteiger partial charge < -0.3 is 16.0 Å². The Morgan fingerprint density at radius 1 is 1.38 bits per heavy atom. The van der Waals surface area contributed by atoms with E-state index in [1.807, 2.05) is 0 Å². The van der Waals surface area contributed by atoms with Crippen LogP contribution < -0.4 is 11.1 Å². The molecule has 1 rings (SSSR count). The Morgan fingerprint density at radius 2 is 2.08 bits per heavy atom. The molecule has 13 heavy (non-hydrogen) atoms. The molecule has 1 fully saturated rings. The molecule has 0 bridgehead atoms. The quantitative estimate of drug-likeness (QED) is 0.652. The van der Waals surface area contributed by atoms with Gasteiger partial charge in [-0.3, -0.25) is 0 Å². The number of nitrogens with two attached hydrogens (primary N) is 1. The first-order valence-electron chi connectivity index (χ1n) is 5.52. The molecule has 0 atom stereocenters. The van der Waals surface area contributed by atoms with Gasteiger partial charge in [0.1, 0.15) is 0 Å². The third kappa shape index (κ3) is 4.07. The van der Waals surface area contributed by atoms with Crippen LogP contribution in [-0.2, 0) is 0 Å². The van der Waals surface area contributed by atoms with Crippen LogP contribution in [0.5, 0.6) is 0 Å². The highest BCUT2D eigenvalue weighted by atomic mass is 15.1. The minimum Gasteiger partial charge on any atom is -0.329 e. The van der Waals surface area contributed by atoms with E-state index in [1.165, 1.54) is 38.9 Å². The molecule has 0 saturated carbocycles. The van der Waals surface area contributed by atoms with Gasteiger partial charge in [0.2, 0.25) is 0 Å². The molecule has 3 heteroatoms. The molecule has 1 aliphatic rings. The number of rotatable bonds is 5. The Balaban J connectivity index is 2.08. The summed E-state index contributed by atoms with van der Waals surface area (Å²) in [5, 5.41) is 3.58. The van der Waals surface area contributed by atoms with Gasteiger partial charge in [-0.2, -0.15) is 0 Å². The summed E-state index contributed by atoms with van der Waals surface area (Å²) >= 11 is 0. The van der Waals surface area contributed by atoms with Crippen LogP contribution in [0.2, 0.25) is 0 Å². The first-order valence-corrected chi connectivity index (χ1v) is 5.52. The van der Waals surface area contributed by atoms with Crippen molar-refractivity contribution < 1.29 is 0 Å². The molecular formula is C10H23N3. The third-order valence-electron chi connectivity index (χ3n) is 2.72. The van der Waals surface area contributed by atoms with Crippen molar-refractivity contribution in [2.24, 2.45) is 5.73 Å². The molecular weight excluding hydrogens is 162 g/mol. The molecule has 3 N–H and O–H groups in total. The lowest BCUT2D eigenvalue weighted by atomic mass is 10.1. The maximum Gasteiger partial charge on any atom is 0.0105 e. The zero-order valence-corrected chi connectivity index (χ0v) is 8.76. The van der Waals surface area contributed by atoms with Gasteiger partial charge in [0, 0.05) is 19.1 Å². The maximum absolute atomic E-state index is 5.52. The van der Waals surface area contributed by atoms with E-state index in [4.69, 9.17) is 5.73 Å². The van der Waals surface area contributed by atoms with E-state index < -0.39 is 0 Å². The Morgan fingerprint density at radius 3 is 2.62 bits per heavy atom. The fourth-order valence-electron chi connectivity index (χ4n) is 1.89. The van der Waals surface area contributed by atoms with Crippen LogP contribution in [0.25, 0.3) is 0 Å². The van der Waals surface area contributed by atoms with Crippen molar-refractivity contribution >= 4 is 0 Å². The minimum atomic E-state index is 0.758. The molecule has 1 aliphatic heterocycles. The average Bonchev–Trinajstić information content (AvgIpc) is 2.17. The minimum absolute atomic E-state index is 0.758. The normalized spacial score (nSPS) is 20.8. The number of likely N-dealkylation sites (tertiary alicyclic amines) is 1. The SMILES string of the molecule is CCCNC1CCN(CCN)CC1. The first kappa shape index (κ1) is 11.0. The number of hydrogen-bond acceptors (Lipinski definition) is 3. The van der Waals surface area contributed by atoms with Gasteiger partial charge in [-0.05, 0) is 38.9 Å². The van der Waals surface area contributed by atoms with Gasteiger partial charge >= 0.3 is 0 Å². The first-order chi connectivity index (χ1) is 6.36. The number of nitrogens with zero attached hydrogens (tertiary/aromatic N) is 1.